The van der Waals surface area contributed by atoms with Gasteiger partial charge in [-0.2, -0.15) is 0 Å². The third-order valence-corrected chi connectivity index (χ3v) is 5.39. The molecule has 1 aromatic heterocycles. The number of Topliss-reactive ketones (excluding diaryl/α,β-unsaturated/α-hetero) is 1. The maximum absolute atomic E-state index is 13.8. The number of aryl methyl sites for hydroxylation is 1. The van der Waals surface area contributed by atoms with E-state index in [1.54, 1.807) is 6.92 Å². The second kappa shape index (κ2) is 8.55. The molecule has 1 aliphatic rings. The van der Waals surface area contributed by atoms with Crippen molar-refractivity contribution in [3.8, 4) is 11.3 Å². The average Bonchev–Trinajstić information content (AvgIpc) is 3.17. The van der Waals surface area contributed by atoms with Gasteiger partial charge in [-0.3, -0.25) is 14.8 Å². The van der Waals surface area contributed by atoms with Gasteiger partial charge in [0.05, 0.1) is 41.9 Å². The first-order chi connectivity index (χ1) is 15.3. The molecule has 4 rings (SSSR count). The largest absolute Gasteiger partial charge is 0.392 e. The standard InChI is InChI=1S/C24H21F2N3O3/c1-14-6-7-15(20-10-24(2,13-30)32-29-20)8-17(14)21-12-27-16(11-28-21)9-22(31)23-18(25)4-3-5-19(23)26/h3-8,11-12,30H,9-10,13H2,1-2H3. The van der Waals surface area contributed by atoms with E-state index in [2.05, 4.69) is 15.1 Å². The van der Waals surface area contributed by atoms with Crippen LogP contribution in [-0.4, -0.2) is 38.8 Å². The molecule has 1 aliphatic heterocycles. The molecular formula is C24H21F2N3O3. The van der Waals surface area contributed by atoms with Crippen molar-refractivity contribution < 1.29 is 23.5 Å². The van der Waals surface area contributed by atoms with E-state index in [1.165, 1.54) is 18.5 Å². The first-order valence-electron chi connectivity index (χ1n) is 10.0. The third kappa shape index (κ3) is 4.27. The number of aromatic nitrogens is 2. The summed E-state index contributed by atoms with van der Waals surface area (Å²) in [6.45, 7) is 3.59. The zero-order valence-corrected chi connectivity index (χ0v) is 17.6. The fourth-order valence-electron chi connectivity index (χ4n) is 3.50. The van der Waals surface area contributed by atoms with Crippen LogP contribution in [0.1, 0.15) is 40.5 Å². The Morgan fingerprint density at radius 2 is 1.91 bits per heavy atom. The van der Waals surface area contributed by atoms with Crippen molar-refractivity contribution >= 4 is 11.5 Å². The molecule has 0 fully saturated rings. The lowest BCUT2D eigenvalue weighted by Crippen LogP contribution is -2.29. The molecule has 1 N–H and O–H groups in total. The highest BCUT2D eigenvalue weighted by molar-refractivity contribution is 6.02. The van der Waals surface area contributed by atoms with Gasteiger partial charge >= 0.3 is 0 Å². The summed E-state index contributed by atoms with van der Waals surface area (Å²) < 4.78 is 27.7. The molecule has 164 valence electrons. The summed E-state index contributed by atoms with van der Waals surface area (Å²) in [4.78, 5) is 26.4. The number of benzene rings is 2. The Hall–Kier alpha value is -3.52. The zero-order chi connectivity index (χ0) is 22.9. The summed E-state index contributed by atoms with van der Waals surface area (Å²) in [5, 5.41) is 13.6. The molecule has 0 aliphatic carbocycles. The van der Waals surface area contributed by atoms with Gasteiger partial charge in [-0.05, 0) is 37.6 Å². The van der Waals surface area contributed by atoms with Gasteiger partial charge in [0.1, 0.15) is 11.6 Å². The van der Waals surface area contributed by atoms with Crippen LogP contribution in [0, 0.1) is 18.6 Å². The van der Waals surface area contributed by atoms with Gasteiger partial charge in [-0.15, -0.1) is 0 Å². The summed E-state index contributed by atoms with van der Waals surface area (Å²) in [5.74, 6) is -2.50. The van der Waals surface area contributed by atoms with Crippen molar-refractivity contribution in [1.82, 2.24) is 9.97 Å². The van der Waals surface area contributed by atoms with Crippen LogP contribution in [0.2, 0.25) is 0 Å². The second-order valence-electron chi connectivity index (χ2n) is 8.03. The van der Waals surface area contributed by atoms with Gasteiger partial charge in [-0.25, -0.2) is 8.78 Å². The topological polar surface area (TPSA) is 84.7 Å². The summed E-state index contributed by atoms with van der Waals surface area (Å²) in [5.41, 5.74) is 2.95. The van der Waals surface area contributed by atoms with Crippen molar-refractivity contribution in [2.45, 2.75) is 32.3 Å². The maximum Gasteiger partial charge on any atom is 0.174 e. The smallest absolute Gasteiger partial charge is 0.174 e. The van der Waals surface area contributed by atoms with Crippen molar-refractivity contribution in [2.75, 3.05) is 6.61 Å². The van der Waals surface area contributed by atoms with Crippen LogP contribution in [0.4, 0.5) is 8.78 Å². The summed E-state index contributed by atoms with van der Waals surface area (Å²) in [6.07, 6.45) is 3.16. The van der Waals surface area contributed by atoms with Gasteiger partial charge in [0, 0.05) is 23.7 Å². The molecule has 8 heteroatoms. The van der Waals surface area contributed by atoms with Gasteiger partial charge in [0.25, 0.3) is 0 Å². The zero-order valence-electron chi connectivity index (χ0n) is 17.6. The lowest BCUT2D eigenvalue weighted by atomic mass is 9.94. The van der Waals surface area contributed by atoms with Crippen molar-refractivity contribution in [2.24, 2.45) is 5.16 Å². The van der Waals surface area contributed by atoms with E-state index in [1.807, 2.05) is 25.1 Å². The SMILES string of the molecule is Cc1ccc(C2=NOC(C)(CO)C2)cc1-c1cnc(CC(=O)c2c(F)cccc2F)cn1. The highest BCUT2D eigenvalue weighted by atomic mass is 19.1. The number of carbonyl (C=O) groups excluding carboxylic acids is 1. The molecule has 32 heavy (non-hydrogen) atoms. The van der Waals surface area contributed by atoms with Gasteiger partial charge in [0.2, 0.25) is 0 Å². The van der Waals surface area contributed by atoms with E-state index in [9.17, 15) is 18.7 Å². The number of hydrogen-bond donors (Lipinski definition) is 1. The molecule has 1 atom stereocenters. The molecule has 0 saturated heterocycles. The first-order valence-corrected chi connectivity index (χ1v) is 10.0. The molecule has 0 spiro atoms. The van der Waals surface area contributed by atoms with E-state index in [0.717, 1.165) is 34.5 Å². The number of carbonyl (C=O) groups is 1. The van der Waals surface area contributed by atoms with Gasteiger partial charge < -0.3 is 9.94 Å². The minimum atomic E-state index is -0.900. The van der Waals surface area contributed by atoms with Crippen LogP contribution in [0.25, 0.3) is 11.3 Å². The fourth-order valence-corrected chi connectivity index (χ4v) is 3.50. The Morgan fingerprint density at radius 1 is 1.16 bits per heavy atom. The molecule has 0 bridgehead atoms. The Labute approximate surface area is 183 Å². The number of nitrogens with zero attached hydrogens (tertiary/aromatic N) is 3. The number of rotatable bonds is 6. The Morgan fingerprint density at radius 3 is 2.53 bits per heavy atom. The predicted octanol–water partition coefficient (Wildman–Crippen LogP) is 4.03. The molecule has 0 radical (unpaired) electrons. The van der Waals surface area contributed by atoms with E-state index < -0.39 is 28.6 Å². The summed E-state index contributed by atoms with van der Waals surface area (Å²) in [7, 11) is 0. The third-order valence-electron chi connectivity index (χ3n) is 5.39. The molecule has 2 heterocycles. The summed E-state index contributed by atoms with van der Waals surface area (Å²) in [6, 6.07) is 9.08. The monoisotopic (exact) mass is 437 g/mol. The second-order valence-corrected chi connectivity index (χ2v) is 8.03. The van der Waals surface area contributed by atoms with E-state index in [4.69, 9.17) is 4.84 Å². The Kier molecular flexibility index (Phi) is 5.80. The minimum absolute atomic E-state index is 0.138. The van der Waals surface area contributed by atoms with E-state index in [-0.39, 0.29) is 13.0 Å². The number of oxime groups is 1. The Balaban J connectivity index is 1.55. The molecule has 6 nitrogen and oxygen atoms in total. The quantitative estimate of drug-likeness (QED) is 0.589. The fraction of sp³-hybridized carbons (Fsp3) is 0.250. The summed E-state index contributed by atoms with van der Waals surface area (Å²) >= 11 is 0. The molecule has 1 unspecified atom stereocenters. The number of aliphatic hydroxyl groups excluding tert-OH is 1. The van der Waals surface area contributed by atoms with E-state index >= 15 is 0 Å². The highest BCUT2D eigenvalue weighted by Crippen LogP contribution is 2.29. The highest BCUT2D eigenvalue weighted by Gasteiger charge is 2.34. The number of halogens is 2. The Bertz CT molecular complexity index is 1190. The van der Waals surface area contributed by atoms with Crippen molar-refractivity contribution in [1.29, 1.82) is 0 Å². The molecule has 0 amide bonds. The molecule has 0 saturated carbocycles. The average molecular weight is 437 g/mol. The number of hydrogen-bond acceptors (Lipinski definition) is 6. The van der Waals surface area contributed by atoms with Gasteiger partial charge in [0.15, 0.2) is 11.4 Å². The van der Waals surface area contributed by atoms with Crippen LogP contribution >= 0.6 is 0 Å². The van der Waals surface area contributed by atoms with Crippen LogP contribution in [0.15, 0.2) is 53.9 Å². The molecule has 3 aromatic rings. The lowest BCUT2D eigenvalue weighted by Gasteiger charge is -2.17. The molecule has 2 aromatic carbocycles. The first kappa shape index (κ1) is 21.7. The minimum Gasteiger partial charge on any atom is -0.392 e. The normalized spacial score (nSPS) is 17.7. The molecular weight excluding hydrogens is 416 g/mol. The van der Waals surface area contributed by atoms with E-state index in [0.29, 0.717) is 17.8 Å². The van der Waals surface area contributed by atoms with Crippen molar-refractivity contribution in [3.63, 3.8) is 0 Å². The van der Waals surface area contributed by atoms with Crippen LogP contribution in [0.3, 0.4) is 0 Å². The maximum atomic E-state index is 13.8. The van der Waals surface area contributed by atoms with Gasteiger partial charge in [-0.1, -0.05) is 23.4 Å². The van der Waals surface area contributed by atoms with Crippen LogP contribution in [-0.2, 0) is 11.3 Å². The van der Waals surface area contributed by atoms with Crippen LogP contribution in [0.5, 0.6) is 0 Å². The number of aliphatic hydroxyl groups is 1. The predicted molar refractivity (Wildman–Crippen MR) is 114 cm³/mol. The van der Waals surface area contributed by atoms with Crippen LogP contribution < -0.4 is 0 Å². The lowest BCUT2D eigenvalue weighted by molar-refractivity contribution is -0.0428. The van der Waals surface area contributed by atoms with Crippen molar-refractivity contribution in [3.05, 3.63) is 82.8 Å². The number of ketones is 1.